The van der Waals surface area contributed by atoms with Gasteiger partial charge in [0.05, 0.1) is 0 Å². The molecule has 1 aliphatic rings. The average molecular weight is 316 g/mol. The van der Waals surface area contributed by atoms with Gasteiger partial charge in [-0.3, -0.25) is 5.32 Å². The number of hydrogen-bond donors (Lipinski definition) is 1. The van der Waals surface area contributed by atoms with Gasteiger partial charge in [0, 0.05) is 17.1 Å². The van der Waals surface area contributed by atoms with E-state index in [1.165, 1.54) is 18.2 Å². The van der Waals surface area contributed by atoms with Crippen molar-refractivity contribution in [2.75, 3.05) is 0 Å². The summed E-state index contributed by atoms with van der Waals surface area (Å²) < 4.78 is 66.9. The van der Waals surface area contributed by atoms with Crippen molar-refractivity contribution in [3.05, 3.63) is 28.8 Å². The van der Waals surface area contributed by atoms with Crippen molar-refractivity contribution >= 4 is 11.6 Å². The van der Waals surface area contributed by atoms with E-state index in [1.807, 2.05) is 0 Å². The number of alkyl halides is 5. The molecule has 0 atom stereocenters. The van der Waals surface area contributed by atoms with Crippen LogP contribution in [0.15, 0.2) is 18.2 Å². The standard InChI is InChI=1S/C12H11ClF5NO/c13-8-1-2-9(20-10(14)15)7(5-8)6-19-11(3-4-11)12(16,17)18/h1-2,5,10,19H,3-4,6H2. The van der Waals surface area contributed by atoms with Gasteiger partial charge in [-0.2, -0.15) is 22.0 Å². The number of ether oxygens (including phenoxy) is 1. The van der Waals surface area contributed by atoms with E-state index in [0.717, 1.165) is 0 Å². The van der Waals surface area contributed by atoms with Crippen LogP contribution in [0.5, 0.6) is 5.75 Å². The zero-order valence-corrected chi connectivity index (χ0v) is 10.9. The molecule has 112 valence electrons. The fraction of sp³-hybridized carbons (Fsp3) is 0.500. The van der Waals surface area contributed by atoms with Crippen LogP contribution in [0.4, 0.5) is 22.0 Å². The molecule has 1 aliphatic carbocycles. The zero-order chi connectivity index (χ0) is 15.0. The lowest BCUT2D eigenvalue weighted by atomic mass is 10.1. The van der Waals surface area contributed by atoms with Crippen molar-refractivity contribution in [1.82, 2.24) is 5.32 Å². The largest absolute Gasteiger partial charge is 0.434 e. The second-order valence-electron chi connectivity index (χ2n) is 4.56. The minimum absolute atomic E-state index is 0.0257. The molecule has 0 radical (unpaired) electrons. The molecule has 2 rings (SSSR count). The maximum Gasteiger partial charge on any atom is 0.406 e. The minimum Gasteiger partial charge on any atom is -0.434 e. The smallest absolute Gasteiger partial charge is 0.406 e. The van der Waals surface area contributed by atoms with E-state index in [2.05, 4.69) is 10.1 Å². The molecule has 0 saturated heterocycles. The molecule has 0 unspecified atom stereocenters. The summed E-state index contributed by atoms with van der Waals surface area (Å²) in [6, 6.07) is 3.84. The molecule has 0 bridgehead atoms. The Labute approximate surface area is 116 Å². The highest BCUT2D eigenvalue weighted by Gasteiger charge is 2.62. The summed E-state index contributed by atoms with van der Waals surface area (Å²) in [5.41, 5.74) is -1.76. The third-order valence-corrected chi connectivity index (χ3v) is 3.38. The molecule has 20 heavy (non-hydrogen) atoms. The fourth-order valence-electron chi connectivity index (χ4n) is 1.85. The van der Waals surface area contributed by atoms with Gasteiger partial charge in [0.25, 0.3) is 0 Å². The van der Waals surface area contributed by atoms with Crippen molar-refractivity contribution in [3.63, 3.8) is 0 Å². The van der Waals surface area contributed by atoms with Crippen molar-refractivity contribution < 1.29 is 26.7 Å². The summed E-state index contributed by atoms with van der Waals surface area (Å²) in [5.74, 6) is -0.185. The Morgan fingerprint density at radius 1 is 1.30 bits per heavy atom. The first-order valence-corrected chi connectivity index (χ1v) is 6.16. The topological polar surface area (TPSA) is 21.3 Å². The van der Waals surface area contributed by atoms with E-state index in [0.29, 0.717) is 0 Å². The highest BCUT2D eigenvalue weighted by molar-refractivity contribution is 6.30. The summed E-state index contributed by atoms with van der Waals surface area (Å²) in [7, 11) is 0. The van der Waals surface area contributed by atoms with Gasteiger partial charge in [-0.15, -0.1) is 0 Å². The summed E-state index contributed by atoms with van der Waals surface area (Å²) in [5, 5.41) is 2.60. The van der Waals surface area contributed by atoms with Crippen LogP contribution in [0.25, 0.3) is 0 Å². The lowest BCUT2D eigenvalue weighted by Gasteiger charge is -2.21. The second kappa shape index (κ2) is 5.37. The molecule has 0 heterocycles. The normalized spacial score (nSPS) is 17.4. The van der Waals surface area contributed by atoms with Crippen LogP contribution in [0.2, 0.25) is 5.02 Å². The van der Waals surface area contributed by atoms with Crippen molar-refractivity contribution in [3.8, 4) is 5.75 Å². The summed E-state index contributed by atoms with van der Waals surface area (Å²) in [4.78, 5) is 0. The van der Waals surface area contributed by atoms with E-state index in [-0.39, 0.29) is 35.7 Å². The summed E-state index contributed by atoms with van der Waals surface area (Å²) in [6.07, 6.45) is -4.42. The number of benzene rings is 1. The van der Waals surface area contributed by atoms with Gasteiger partial charge in [0.15, 0.2) is 0 Å². The van der Waals surface area contributed by atoms with Crippen LogP contribution in [-0.2, 0) is 6.54 Å². The Morgan fingerprint density at radius 3 is 2.45 bits per heavy atom. The highest BCUT2D eigenvalue weighted by Crippen LogP contribution is 2.49. The summed E-state index contributed by atoms with van der Waals surface area (Å²) >= 11 is 5.72. The lowest BCUT2D eigenvalue weighted by Crippen LogP contribution is -2.44. The Balaban J connectivity index is 2.11. The van der Waals surface area contributed by atoms with E-state index in [9.17, 15) is 22.0 Å². The fourth-order valence-corrected chi connectivity index (χ4v) is 2.04. The Hall–Kier alpha value is -1.08. The van der Waals surface area contributed by atoms with Crippen molar-refractivity contribution in [2.24, 2.45) is 0 Å². The van der Waals surface area contributed by atoms with Gasteiger partial charge in [0.2, 0.25) is 0 Å². The van der Waals surface area contributed by atoms with E-state index in [4.69, 9.17) is 11.6 Å². The number of hydrogen-bond acceptors (Lipinski definition) is 2. The first-order valence-electron chi connectivity index (χ1n) is 5.78. The van der Waals surface area contributed by atoms with Crippen LogP contribution in [-0.4, -0.2) is 18.3 Å². The monoisotopic (exact) mass is 315 g/mol. The zero-order valence-electron chi connectivity index (χ0n) is 10.1. The third kappa shape index (κ3) is 3.32. The van der Waals surface area contributed by atoms with Gasteiger partial charge >= 0.3 is 12.8 Å². The first-order chi connectivity index (χ1) is 9.23. The Morgan fingerprint density at radius 2 is 1.95 bits per heavy atom. The second-order valence-corrected chi connectivity index (χ2v) is 5.00. The van der Waals surface area contributed by atoms with Gasteiger partial charge in [-0.25, -0.2) is 0 Å². The van der Waals surface area contributed by atoms with Gasteiger partial charge in [-0.05, 0) is 31.0 Å². The van der Waals surface area contributed by atoms with Gasteiger partial charge in [-0.1, -0.05) is 11.6 Å². The average Bonchev–Trinajstić information content (AvgIpc) is 3.09. The van der Waals surface area contributed by atoms with Crippen LogP contribution in [0, 0.1) is 0 Å². The molecule has 1 aromatic carbocycles. The van der Waals surface area contributed by atoms with E-state index < -0.39 is 18.3 Å². The minimum atomic E-state index is -4.37. The van der Waals surface area contributed by atoms with Crippen molar-refractivity contribution in [1.29, 1.82) is 0 Å². The highest BCUT2D eigenvalue weighted by atomic mass is 35.5. The van der Waals surface area contributed by atoms with Gasteiger partial charge < -0.3 is 4.74 Å². The number of rotatable bonds is 5. The van der Waals surface area contributed by atoms with Crippen LogP contribution < -0.4 is 10.1 Å². The van der Waals surface area contributed by atoms with Crippen LogP contribution in [0.3, 0.4) is 0 Å². The Kier molecular flexibility index (Phi) is 4.11. The Bertz CT molecular complexity index is 487. The van der Waals surface area contributed by atoms with Crippen molar-refractivity contribution in [2.45, 2.75) is 37.7 Å². The van der Waals surface area contributed by atoms with E-state index in [1.54, 1.807) is 0 Å². The molecule has 0 amide bonds. The van der Waals surface area contributed by atoms with Gasteiger partial charge in [0.1, 0.15) is 11.3 Å². The number of halogens is 6. The molecule has 1 aromatic rings. The third-order valence-electron chi connectivity index (χ3n) is 3.15. The summed E-state index contributed by atoms with van der Waals surface area (Å²) in [6.45, 7) is -3.30. The molecule has 8 heteroatoms. The molecule has 2 nitrogen and oxygen atoms in total. The molecule has 1 fully saturated rings. The number of nitrogens with one attached hydrogen (secondary N) is 1. The molecular weight excluding hydrogens is 305 g/mol. The molecular formula is C12H11ClF5NO. The molecule has 0 aromatic heterocycles. The molecule has 1 N–H and O–H groups in total. The first kappa shape index (κ1) is 15.3. The predicted octanol–water partition coefficient (Wildman–Crippen LogP) is 4.13. The molecule has 1 saturated carbocycles. The van der Waals surface area contributed by atoms with E-state index >= 15 is 0 Å². The molecule has 0 spiro atoms. The maximum atomic E-state index is 12.7. The van der Waals surface area contributed by atoms with Crippen LogP contribution >= 0.6 is 11.6 Å². The molecule has 0 aliphatic heterocycles. The quantitative estimate of drug-likeness (QED) is 0.825. The SMILES string of the molecule is FC(F)Oc1ccc(Cl)cc1CNC1(C(F)(F)F)CC1. The van der Waals surface area contributed by atoms with Crippen LogP contribution in [0.1, 0.15) is 18.4 Å². The maximum absolute atomic E-state index is 12.7. The predicted molar refractivity (Wildman–Crippen MR) is 62.9 cm³/mol. The lowest BCUT2D eigenvalue weighted by molar-refractivity contribution is -0.166.